The largest absolute Gasteiger partial charge is 0.386 e. The molecule has 0 aliphatic heterocycles. The number of aromatic nitrogens is 1. The third-order valence-corrected chi connectivity index (χ3v) is 2.75. The predicted octanol–water partition coefficient (Wildman–Crippen LogP) is 3.39. The molecule has 0 saturated heterocycles. The van der Waals surface area contributed by atoms with Crippen molar-refractivity contribution in [3.05, 3.63) is 30.1 Å². The van der Waals surface area contributed by atoms with Crippen molar-refractivity contribution < 1.29 is 4.79 Å². The maximum absolute atomic E-state index is 11.9. The molecule has 1 aromatic rings. The zero-order valence-electron chi connectivity index (χ0n) is 11.0. The first kappa shape index (κ1) is 13.4. The summed E-state index contributed by atoms with van der Waals surface area (Å²) in [5, 5.41) is 3.03. The Morgan fingerprint density at radius 2 is 2.18 bits per heavy atom. The number of hydrogen-bond acceptors (Lipinski definition) is 3. The first-order valence-electron chi connectivity index (χ1n) is 5.91. The molecule has 1 heterocycles. The summed E-state index contributed by atoms with van der Waals surface area (Å²) >= 11 is 0. The first-order valence-corrected chi connectivity index (χ1v) is 5.91. The first-order chi connectivity index (χ1) is 8.01. The van der Waals surface area contributed by atoms with Crippen LogP contribution in [0.1, 0.15) is 43.2 Å². The Bertz CT molecular complexity index is 436. The molecule has 3 heteroatoms. The maximum atomic E-state index is 11.9. The second kappa shape index (κ2) is 5.62. The lowest BCUT2D eigenvalue weighted by atomic mass is 10.0. The van der Waals surface area contributed by atoms with E-state index >= 15 is 0 Å². The molecule has 0 aliphatic rings. The van der Waals surface area contributed by atoms with E-state index in [1.165, 1.54) is 0 Å². The Balaban J connectivity index is 3.18. The zero-order valence-corrected chi connectivity index (χ0v) is 11.0. The summed E-state index contributed by atoms with van der Waals surface area (Å²) in [4.78, 5) is 16.2. The number of nitrogens with zero attached hydrogens (tertiary/aromatic N) is 1. The standard InChI is InChI=1S/C14H20N2O/c1-6-10(4)11-7-12(15-5)13(16-8-11)14(17)9(2)3/h7-9,15H,4,6H2,1-3,5H3. The van der Waals surface area contributed by atoms with Gasteiger partial charge in [-0.25, -0.2) is 0 Å². The number of rotatable bonds is 5. The Kier molecular flexibility index (Phi) is 4.44. The van der Waals surface area contributed by atoms with Crippen LogP contribution in [0.3, 0.4) is 0 Å². The highest BCUT2D eigenvalue weighted by molar-refractivity contribution is 6.00. The van der Waals surface area contributed by atoms with Crippen LogP contribution < -0.4 is 5.32 Å². The van der Waals surface area contributed by atoms with E-state index in [0.29, 0.717) is 5.69 Å². The van der Waals surface area contributed by atoms with E-state index in [1.807, 2.05) is 19.9 Å². The van der Waals surface area contributed by atoms with Crippen molar-refractivity contribution in [2.45, 2.75) is 27.2 Å². The Morgan fingerprint density at radius 3 is 2.65 bits per heavy atom. The fourth-order valence-electron chi connectivity index (χ4n) is 1.52. The molecule has 0 amide bonds. The van der Waals surface area contributed by atoms with Gasteiger partial charge in [0.1, 0.15) is 5.69 Å². The van der Waals surface area contributed by atoms with Gasteiger partial charge in [0.2, 0.25) is 0 Å². The summed E-state index contributed by atoms with van der Waals surface area (Å²) in [6, 6.07) is 1.94. The van der Waals surface area contributed by atoms with E-state index in [0.717, 1.165) is 23.2 Å². The summed E-state index contributed by atoms with van der Waals surface area (Å²) in [7, 11) is 1.80. The fourth-order valence-corrected chi connectivity index (χ4v) is 1.52. The summed E-state index contributed by atoms with van der Waals surface area (Å²) in [5.74, 6) is 0.0119. The monoisotopic (exact) mass is 232 g/mol. The van der Waals surface area contributed by atoms with Crippen molar-refractivity contribution in [1.29, 1.82) is 0 Å². The van der Waals surface area contributed by atoms with Crippen LogP contribution >= 0.6 is 0 Å². The topological polar surface area (TPSA) is 42.0 Å². The van der Waals surface area contributed by atoms with E-state index in [-0.39, 0.29) is 11.7 Å². The predicted molar refractivity (Wildman–Crippen MR) is 72.3 cm³/mol. The number of carbonyl (C=O) groups is 1. The third kappa shape index (κ3) is 2.93. The molecule has 17 heavy (non-hydrogen) atoms. The molecule has 3 nitrogen and oxygen atoms in total. The number of ketones is 1. The number of allylic oxidation sites excluding steroid dienone is 1. The molecule has 0 unspecified atom stereocenters. The molecule has 0 radical (unpaired) electrons. The number of hydrogen-bond donors (Lipinski definition) is 1. The summed E-state index contributed by atoms with van der Waals surface area (Å²) < 4.78 is 0. The normalized spacial score (nSPS) is 10.4. The lowest BCUT2D eigenvalue weighted by molar-refractivity contribution is 0.0935. The molecule has 1 N–H and O–H groups in total. The van der Waals surface area contributed by atoms with Crippen LogP contribution in [0.15, 0.2) is 18.8 Å². The Hall–Kier alpha value is -1.64. The zero-order chi connectivity index (χ0) is 13.0. The third-order valence-electron chi connectivity index (χ3n) is 2.75. The van der Waals surface area contributed by atoms with Crippen LogP contribution in [-0.4, -0.2) is 17.8 Å². The van der Waals surface area contributed by atoms with Gasteiger partial charge >= 0.3 is 0 Å². The smallest absolute Gasteiger partial charge is 0.185 e. The van der Waals surface area contributed by atoms with Crippen LogP contribution in [0.25, 0.3) is 5.57 Å². The molecule has 0 aromatic carbocycles. The summed E-state index contributed by atoms with van der Waals surface area (Å²) in [6.07, 6.45) is 2.60. The van der Waals surface area contributed by atoms with Gasteiger partial charge in [0.05, 0.1) is 5.69 Å². The van der Waals surface area contributed by atoms with Crippen LogP contribution in [0.2, 0.25) is 0 Å². The van der Waals surface area contributed by atoms with Crippen molar-refractivity contribution in [2.75, 3.05) is 12.4 Å². The van der Waals surface area contributed by atoms with E-state index < -0.39 is 0 Å². The van der Waals surface area contributed by atoms with E-state index in [2.05, 4.69) is 23.8 Å². The van der Waals surface area contributed by atoms with Gasteiger partial charge in [0.15, 0.2) is 5.78 Å². The van der Waals surface area contributed by atoms with Crippen molar-refractivity contribution in [3.8, 4) is 0 Å². The molecule has 0 bridgehead atoms. The van der Waals surface area contributed by atoms with Gasteiger partial charge in [-0.05, 0) is 23.6 Å². The van der Waals surface area contributed by atoms with Crippen molar-refractivity contribution >= 4 is 17.0 Å². The molecular formula is C14H20N2O. The fraction of sp³-hybridized carbons (Fsp3) is 0.429. The highest BCUT2D eigenvalue weighted by atomic mass is 16.1. The van der Waals surface area contributed by atoms with E-state index in [9.17, 15) is 4.79 Å². The van der Waals surface area contributed by atoms with Gasteiger partial charge in [0, 0.05) is 19.2 Å². The van der Waals surface area contributed by atoms with Gasteiger partial charge in [0.25, 0.3) is 0 Å². The minimum absolute atomic E-state index is 0.0465. The van der Waals surface area contributed by atoms with Crippen LogP contribution in [0.4, 0.5) is 5.69 Å². The molecule has 0 saturated carbocycles. The summed E-state index contributed by atoms with van der Waals surface area (Å²) in [5.41, 5.74) is 3.29. The molecule has 1 rings (SSSR count). The number of pyridine rings is 1. The number of anilines is 1. The minimum Gasteiger partial charge on any atom is -0.386 e. The van der Waals surface area contributed by atoms with Crippen LogP contribution in [0, 0.1) is 5.92 Å². The van der Waals surface area contributed by atoms with Gasteiger partial charge in [-0.2, -0.15) is 0 Å². The molecule has 0 atom stereocenters. The van der Waals surface area contributed by atoms with Gasteiger partial charge < -0.3 is 5.32 Å². The van der Waals surface area contributed by atoms with Crippen molar-refractivity contribution in [3.63, 3.8) is 0 Å². The molecule has 0 spiro atoms. The van der Waals surface area contributed by atoms with Crippen molar-refractivity contribution in [1.82, 2.24) is 4.98 Å². The average Bonchev–Trinajstić information content (AvgIpc) is 2.35. The Morgan fingerprint density at radius 1 is 1.53 bits per heavy atom. The van der Waals surface area contributed by atoms with Gasteiger partial charge in [-0.1, -0.05) is 27.4 Å². The SMILES string of the molecule is C=C(CC)c1cnc(C(=O)C(C)C)c(NC)c1. The van der Waals surface area contributed by atoms with Gasteiger partial charge in [-0.3, -0.25) is 9.78 Å². The second-order valence-electron chi connectivity index (χ2n) is 4.35. The lowest BCUT2D eigenvalue weighted by Crippen LogP contribution is -2.12. The van der Waals surface area contributed by atoms with E-state index in [4.69, 9.17) is 0 Å². The van der Waals surface area contributed by atoms with Crippen molar-refractivity contribution in [2.24, 2.45) is 5.92 Å². The van der Waals surface area contributed by atoms with E-state index in [1.54, 1.807) is 13.2 Å². The van der Waals surface area contributed by atoms with Crippen LogP contribution in [0.5, 0.6) is 0 Å². The molecule has 0 fully saturated rings. The van der Waals surface area contributed by atoms with Gasteiger partial charge in [-0.15, -0.1) is 0 Å². The second-order valence-corrected chi connectivity index (χ2v) is 4.35. The molecular weight excluding hydrogens is 212 g/mol. The van der Waals surface area contributed by atoms with Crippen LogP contribution in [-0.2, 0) is 0 Å². The number of nitrogens with one attached hydrogen (secondary N) is 1. The lowest BCUT2D eigenvalue weighted by Gasteiger charge is -2.11. The average molecular weight is 232 g/mol. The highest BCUT2D eigenvalue weighted by Crippen LogP contribution is 2.23. The molecule has 92 valence electrons. The Labute approximate surface area is 103 Å². The minimum atomic E-state index is -0.0465. The quantitative estimate of drug-likeness (QED) is 0.791. The molecule has 1 aromatic heterocycles. The number of Topliss-reactive ketones (excluding diaryl/α,β-unsaturated/α-hetero) is 1. The summed E-state index contributed by atoms with van der Waals surface area (Å²) in [6.45, 7) is 9.78. The number of carbonyl (C=O) groups excluding carboxylic acids is 1. The maximum Gasteiger partial charge on any atom is 0.185 e. The molecule has 0 aliphatic carbocycles. The highest BCUT2D eigenvalue weighted by Gasteiger charge is 2.16.